The average molecular weight is 244 g/mol. The molecule has 2 aromatic rings. The standard InChI is InChI=1S/C15H15F.C2H6/c1-11-7-3-4-8-13(11)12(2)14-9-5-6-10-15(14)16;1-2/h3-10,12H,1-2H3;1-2H3. The molecule has 18 heavy (non-hydrogen) atoms. The summed E-state index contributed by atoms with van der Waals surface area (Å²) in [4.78, 5) is 0. The van der Waals surface area contributed by atoms with Crippen molar-refractivity contribution in [2.24, 2.45) is 0 Å². The van der Waals surface area contributed by atoms with Gasteiger partial charge in [0.15, 0.2) is 0 Å². The number of hydrogen-bond acceptors (Lipinski definition) is 0. The van der Waals surface area contributed by atoms with Crippen LogP contribution in [-0.2, 0) is 0 Å². The first-order valence-corrected chi connectivity index (χ1v) is 6.50. The summed E-state index contributed by atoms with van der Waals surface area (Å²) in [6, 6.07) is 15.1. The molecular weight excluding hydrogens is 223 g/mol. The Balaban J connectivity index is 0.000000771. The van der Waals surface area contributed by atoms with E-state index in [-0.39, 0.29) is 11.7 Å². The third-order valence-electron chi connectivity index (χ3n) is 3.03. The summed E-state index contributed by atoms with van der Waals surface area (Å²) in [5.74, 6) is -0.0272. The Morgan fingerprint density at radius 3 is 1.89 bits per heavy atom. The normalized spacial score (nSPS) is 11.4. The molecule has 0 aliphatic carbocycles. The highest BCUT2D eigenvalue weighted by molar-refractivity contribution is 5.37. The van der Waals surface area contributed by atoms with E-state index < -0.39 is 0 Å². The summed E-state index contributed by atoms with van der Waals surface area (Å²) in [6.45, 7) is 8.10. The summed E-state index contributed by atoms with van der Waals surface area (Å²) in [5, 5.41) is 0. The van der Waals surface area contributed by atoms with Crippen LogP contribution in [0.2, 0.25) is 0 Å². The van der Waals surface area contributed by atoms with Gasteiger partial charge in [0.05, 0.1) is 0 Å². The van der Waals surface area contributed by atoms with Crippen LogP contribution in [0.4, 0.5) is 4.39 Å². The van der Waals surface area contributed by atoms with Gasteiger partial charge < -0.3 is 0 Å². The quantitative estimate of drug-likeness (QED) is 0.671. The Morgan fingerprint density at radius 1 is 0.833 bits per heavy atom. The van der Waals surface area contributed by atoms with Gasteiger partial charge in [-0.25, -0.2) is 4.39 Å². The molecule has 2 rings (SSSR count). The molecule has 1 unspecified atom stereocenters. The van der Waals surface area contributed by atoms with Crippen molar-refractivity contribution in [1.29, 1.82) is 0 Å². The Kier molecular flexibility index (Phi) is 5.57. The predicted molar refractivity (Wildman–Crippen MR) is 76.4 cm³/mol. The molecule has 0 fully saturated rings. The molecule has 0 heterocycles. The lowest BCUT2D eigenvalue weighted by atomic mass is 9.90. The topological polar surface area (TPSA) is 0 Å². The third-order valence-corrected chi connectivity index (χ3v) is 3.03. The van der Waals surface area contributed by atoms with Gasteiger partial charge in [0.2, 0.25) is 0 Å². The maximum absolute atomic E-state index is 13.7. The van der Waals surface area contributed by atoms with E-state index in [1.165, 1.54) is 17.2 Å². The molecule has 0 saturated carbocycles. The fourth-order valence-corrected chi connectivity index (χ4v) is 2.07. The number of hydrogen-bond donors (Lipinski definition) is 0. The van der Waals surface area contributed by atoms with Gasteiger partial charge in [-0.3, -0.25) is 0 Å². The van der Waals surface area contributed by atoms with E-state index in [1.807, 2.05) is 45.0 Å². The number of rotatable bonds is 2. The van der Waals surface area contributed by atoms with Crippen molar-refractivity contribution in [3.05, 3.63) is 71.0 Å². The van der Waals surface area contributed by atoms with Crippen molar-refractivity contribution in [2.45, 2.75) is 33.6 Å². The van der Waals surface area contributed by atoms with Crippen LogP contribution in [0.15, 0.2) is 48.5 Å². The lowest BCUT2D eigenvalue weighted by molar-refractivity contribution is 0.603. The van der Waals surface area contributed by atoms with Crippen LogP contribution in [0.25, 0.3) is 0 Å². The zero-order chi connectivity index (χ0) is 13.5. The SMILES string of the molecule is CC.Cc1ccccc1C(C)c1ccccc1F. The van der Waals surface area contributed by atoms with E-state index in [0.717, 1.165) is 5.56 Å². The molecular formula is C17H21F. The van der Waals surface area contributed by atoms with Crippen LogP contribution < -0.4 is 0 Å². The minimum Gasteiger partial charge on any atom is -0.207 e. The minimum absolute atomic E-state index is 0.0994. The molecule has 0 N–H and O–H groups in total. The summed E-state index contributed by atoms with van der Waals surface area (Å²) in [5.41, 5.74) is 3.16. The van der Waals surface area contributed by atoms with E-state index in [9.17, 15) is 4.39 Å². The second kappa shape index (κ2) is 6.95. The summed E-state index contributed by atoms with van der Waals surface area (Å²) >= 11 is 0. The molecule has 0 aliphatic heterocycles. The van der Waals surface area contributed by atoms with Gasteiger partial charge in [-0.1, -0.05) is 63.2 Å². The zero-order valence-corrected chi connectivity index (χ0v) is 11.6. The zero-order valence-electron chi connectivity index (χ0n) is 11.6. The van der Waals surface area contributed by atoms with E-state index in [1.54, 1.807) is 6.07 Å². The fraction of sp³-hybridized carbons (Fsp3) is 0.294. The smallest absolute Gasteiger partial charge is 0.127 e. The van der Waals surface area contributed by atoms with Crippen LogP contribution in [0.5, 0.6) is 0 Å². The first kappa shape index (κ1) is 14.4. The predicted octanol–water partition coefficient (Wildman–Crippen LogP) is 5.31. The molecule has 2 aromatic carbocycles. The van der Waals surface area contributed by atoms with Gasteiger partial charge in [-0.2, -0.15) is 0 Å². The Morgan fingerprint density at radius 2 is 1.33 bits per heavy atom. The van der Waals surface area contributed by atoms with Crippen molar-refractivity contribution in [2.75, 3.05) is 0 Å². The first-order chi connectivity index (χ1) is 8.70. The summed E-state index contributed by atoms with van der Waals surface area (Å²) in [6.07, 6.45) is 0. The highest BCUT2D eigenvalue weighted by Gasteiger charge is 2.13. The van der Waals surface area contributed by atoms with E-state index in [4.69, 9.17) is 0 Å². The van der Waals surface area contributed by atoms with E-state index in [0.29, 0.717) is 0 Å². The highest BCUT2D eigenvalue weighted by Crippen LogP contribution is 2.28. The van der Waals surface area contributed by atoms with E-state index >= 15 is 0 Å². The molecule has 0 amide bonds. The number of aryl methyl sites for hydroxylation is 1. The van der Waals surface area contributed by atoms with Crippen LogP contribution in [0.3, 0.4) is 0 Å². The van der Waals surface area contributed by atoms with Gasteiger partial charge >= 0.3 is 0 Å². The van der Waals surface area contributed by atoms with Crippen LogP contribution in [0, 0.1) is 12.7 Å². The summed E-state index contributed by atoms with van der Waals surface area (Å²) < 4.78 is 13.7. The first-order valence-electron chi connectivity index (χ1n) is 6.50. The Labute approximate surface area is 109 Å². The van der Waals surface area contributed by atoms with Gasteiger partial charge in [0.1, 0.15) is 5.82 Å². The lowest BCUT2D eigenvalue weighted by Crippen LogP contribution is -2.01. The molecule has 1 heteroatoms. The molecule has 0 aromatic heterocycles. The average Bonchev–Trinajstić information content (AvgIpc) is 2.41. The summed E-state index contributed by atoms with van der Waals surface area (Å²) in [7, 11) is 0. The highest BCUT2D eigenvalue weighted by atomic mass is 19.1. The van der Waals surface area contributed by atoms with Crippen LogP contribution >= 0.6 is 0 Å². The number of benzene rings is 2. The molecule has 1 atom stereocenters. The van der Waals surface area contributed by atoms with Crippen molar-refractivity contribution in [3.8, 4) is 0 Å². The lowest BCUT2D eigenvalue weighted by Gasteiger charge is -2.15. The van der Waals surface area contributed by atoms with Crippen LogP contribution in [-0.4, -0.2) is 0 Å². The molecule has 0 aliphatic rings. The van der Waals surface area contributed by atoms with E-state index in [2.05, 4.69) is 19.1 Å². The maximum atomic E-state index is 13.7. The monoisotopic (exact) mass is 244 g/mol. The molecule has 0 radical (unpaired) electrons. The fourth-order valence-electron chi connectivity index (χ4n) is 2.07. The molecule has 0 nitrogen and oxygen atoms in total. The number of halogens is 1. The van der Waals surface area contributed by atoms with Gasteiger partial charge in [0, 0.05) is 5.92 Å². The Hall–Kier alpha value is -1.63. The third kappa shape index (κ3) is 3.19. The molecule has 0 bridgehead atoms. The largest absolute Gasteiger partial charge is 0.207 e. The van der Waals surface area contributed by atoms with Crippen molar-refractivity contribution in [1.82, 2.24) is 0 Å². The minimum atomic E-state index is -0.127. The van der Waals surface area contributed by atoms with Gasteiger partial charge in [-0.05, 0) is 29.7 Å². The maximum Gasteiger partial charge on any atom is 0.127 e. The van der Waals surface area contributed by atoms with Gasteiger partial charge in [-0.15, -0.1) is 0 Å². The molecule has 0 saturated heterocycles. The second-order valence-corrected chi connectivity index (χ2v) is 4.10. The van der Waals surface area contributed by atoms with Crippen molar-refractivity contribution >= 4 is 0 Å². The Bertz CT molecular complexity index is 443. The second-order valence-electron chi connectivity index (χ2n) is 4.10. The van der Waals surface area contributed by atoms with Crippen LogP contribution in [0.1, 0.15) is 43.4 Å². The van der Waals surface area contributed by atoms with Crippen molar-refractivity contribution in [3.63, 3.8) is 0 Å². The molecule has 96 valence electrons. The van der Waals surface area contributed by atoms with Crippen molar-refractivity contribution < 1.29 is 4.39 Å². The molecule has 0 spiro atoms. The van der Waals surface area contributed by atoms with Gasteiger partial charge in [0.25, 0.3) is 0 Å².